The van der Waals surface area contributed by atoms with Gasteiger partial charge in [-0.3, -0.25) is 0 Å². The maximum Gasteiger partial charge on any atom is 0.317 e. The molecule has 0 bridgehead atoms. The van der Waals surface area contributed by atoms with E-state index in [1.165, 1.54) is 4.90 Å². The van der Waals surface area contributed by atoms with E-state index in [0.717, 1.165) is 6.54 Å². The van der Waals surface area contributed by atoms with Gasteiger partial charge >= 0.3 is 6.03 Å². The van der Waals surface area contributed by atoms with Gasteiger partial charge in [-0.05, 0) is 13.3 Å². The number of nitrogens with zero attached hydrogens (tertiary/aromatic N) is 4. The highest BCUT2D eigenvalue weighted by atomic mass is 32.2. The Morgan fingerprint density at radius 1 is 1.60 bits per heavy atom. The minimum absolute atomic E-state index is 0.0437. The Kier molecular flexibility index (Phi) is 4.26. The molecule has 1 aliphatic heterocycles. The second kappa shape index (κ2) is 5.78. The van der Waals surface area contributed by atoms with Crippen molar-refractivity contribution in [3.8, 4) is 0 Å². The van der Waals surface area contributed by atoms with Crippen LogP contribution in [-0.4, -0.2) is 58.7 Å². The molecule has 1 aromatic heterocycles. The highest BCUT2D eigenvalue weighted by Crippen LogP contribution is 2.16. The van der Waals surface area contributed by atoms with Crippen molar-refractivity contribution in [3.05, 3.63) is 12.2 Å². The molecule has 1 fully saturated rings. The summed E-state index contributed by atoms with van der Waals surface area (Å²) in [6.07, 6.45) is 2.10. The maximum absolute atomic E-state index is 12.0. The zero-order chi connectivity index (χ0) is 14.8. The zero-order valence-corrected chi connectivity index (χ0v) is 12.4. The van der Waals surface area contributed by atoms with Crippen molar-refractivity contribution in [2.45, 2.75) is 32.5 Å². The number of carbonyl (C=O) groups is 1. The van der Waals surface area contributed by atoms with Crippen LogP contribution >= 0.6 is 0 Å². The van der Waals surface area contributed by atoms with Crippen molar-refractivity contribution in [1.82, 2.24) is 25.0 Å². The lowest BCUT2D eigenvalue weighted by atomic mass is 10.2. The van der Waals surface area contributed by atoms with E-state index in [1.54, 1.807) is 13.4 Å². The summed E-state index contributed by atoms with van der Waals surface area (Å²) in [7, 11) is -1.37. The van der Waals surface area contributed by atoms with Crippen LogP contribution in [0.3, 0.4) is 0 Å². The van der Waals surface area contributed by atoms with E-state index in [-0.39, 0.29) is 30.1 Å². The summed E-state index contributed by atoms with van der Waals surface area (Å²) in [5.74, 6) is 0.870. The van der Waals surface area contributed by atoms with Crippen molar-refractivity contribution < 1.29 is 13.2 Å². The topological polar surface area (TPSA) is 97.2 Å². The fraction of sp³-hybridized carbons (Fsp3) is 0.727. The molecule has 1 N–H and O–H groups in total. The summed E-state index contributed by atoms with van der Waals surface area (Å²) in [5.41, 5.74) is 0. The number of urea groups is 1. The smallest absolute Gasteiger partial charge is 0.317 e. The molecule has 20 heavy (non-hydrogen) atoms. The summed E-state index contributed by atoms with van der Waals surface area (Å²) < 4.78 is 24.7. The number of hydrogen-bond donors (Lipinski definition) is 1. The van der Waals surface area contributed by atoms with Crippen molar-refractivity contribution >= 4 is 15.9 Å². The third-order valence-electron chi connectivity index (χ3n) is 3.51. The largest absolute Gasteiger partial charge is 0.331 e. The highest BCUT2D eigenvalue weighted by Gasteiger charge is 2.32. The average Bonchev–Trinajstić information content (AvgIpc) is 3.00. The summed E-state index contributed by atoms with van der Waals surface area (Å²) in [6, 6.07) is -0.540. The monoisotopic (exact) mass is 301 g/mol. The summed E-state index contributed by atoms with van der Waals surface area (Å²) >= 11 is 0. The van der Waals surface area contributed by atoms with E-state index in [9.17, 15) is 13.2 Å². The van der Waals surface area contributed by atoms with Gasteiger partial charge in [0, 0.05) is 19.6 Å². The molecule has 0 aliphatic carbocycles. The summed E-state index contributed by atoms with van der Waals surface area (Å²) in [5, 5.41) is 10.4. The molecule has 1 atom stereocenters. The van der Waals surface area contributed by atoms with E-state index in [0.29, 0.717) is 12.2 Å². The third kappa shape index (κ3) is 3.27. The Hall–Kier alpha value is -1.64. The van der Waals surface area contributed by atoms with Crippen LogP contribution in [0.5, 0.6) is 0 Å². The lowest BCUT2D eigenvalue weighted by Gasteiger charge is -2.23. The third-order valence-corrected chi connectivity index (χ3v) is 5.26. The first-order valence-electron chi connectivity index (χ1n) is 6.50. The van der Waals surface area contributed by atoms with Crippen molar-refractivity contribution in [2.75, 3.05) is 18.6 Å². The minimum atomic E-state index is -2.99. The van der Waals surface area contributed by atoms with Gasteiger partial charge in [0.15, 0.2) is 15.7 Å². The molecule has 0 unspecified atom stereocenters. The van der Waals surface area contributed by atoms with E-state index < -0.39 is 9.84 Å². The molecular weight excluding hydrogens is 282 g/mol. The molecule has 2 rings (SSSR count). The lowest BCUT2D eigenvalue weighted by Crippen LogP contribution is -2.44. The predicted molar refractivity (Wildman–Crippen MR) is 72.8 cm³/mol. The minimum Gasteiger partial charge on any atom is -0.331 e. The number of rotatable bonds is 4. The van der Waals surface area contributed by atoms with Crippen LogP contribution in [0.1, 0.15) is 19.2 Å². The number of aryl methyl sites for hydroxylation is 1. The van der Waals surface area contributed by atoms with Crippen LogP contribution in [0.2, 0.25) is 0 Å². The molecule has 1 aliphatic rings. The predicted octanol–water partition coefficient (Wildman–Crippen LogP) is -0.373. The van der Waals surface area contributed by atoms with Crippen LogP contribution in [-0.2, 0) is 22.9 Å². The average molecular weight is 301 g/mol. The van der Waals surface area contributed by atoms with Gasteiger partial charge in [-0.25, -0.2) is 13.2 Å². The summed E-state index contributed by atoms with van der Waals surface area (Å²) in [4.78, 5) is 13.5. The van der Waals surface area contributed by atoms with Gasteiger partial charge in [0.1, 0.15) is 6.33 Å². The molecule has 9 heteroatoms. The summed E-state index contributed by atoms with van der Waals surface area (Å²) in [6.45, 7) is 2.97. The Morgan fingerprint density at radius 2 is 2.35 bits per heavy atom. The lowest BCUT2D eigenvalue weighted by molar-refractivity contribution is 0.194. The SMILES string of the molecule is CCn1cnnc1CNC(=O)N(C)[C@H]1CCS(=O)(=O)C1. The quantitative estimate of drug-likeness (QED) is 0.818. The Labute approximate surface area is 118 Å². The number of sulfone groups is 1. The molecule has 1 saturated heterocycles. The van der Waals surface area contributed by atoms with Crippen LogP contribution in [0.4, 0.5) is 4.79 Å². The normalized spacial score (nSPS) is 20.8. The van der Waals surface area contributed by atoms with Gasteiger partial charge in [0.25, 0.3) is 0 Å². The van der Waals surface area contributed by atoms with Gasteiger partial charge in [-0.1, -0.05) is 0 Å². The Morgan fingerprint density at radius 3 is 2.95 bits per heavy atom. The number of amides is 2. The first-order chi connectivity index (χ1) is 9.43. The molecule has 0 aromatic carbocycles. The van der Waals surface area contributed by atoms with Gasteiger partial charge in [0.2, 0.25) is 0 Å². The Balaban J connectivity index is 1.89. The van der Waals surface area contributed by atoms with Gasteiger partial charge in [-0.2, -0.15) is 0 Å². The number of nitrogens with one attached hydrogen (secondary N) is 1. The molecule has 2 heterocycles. The maximum atomic E-state index is 12.0. The highest BCUT2D eigenvalue weighted by molar-refractivity contribution is 7.91. The molecule has 112 valence electrons. The fourth-order valence-electron chi connectivity index (χ4n) is 2.21. The van der Waals surface area contributed by atoms with Crippen LogP contribution < -0.4 is 5.32 Å². The molecule has 0 spiro atoms. The molecule has 0 radical (unpaired) electrons. The van der Waals surface area contributed by atoms with Gasteiger partial charge < -0.3 is 14.8 Å². The fourth-order valence-corrected chi connectivity index (χ4v) is 3.98. The molecule has 0 saturated carbocycles. The van der Waals surface area contributed by atoms with Crippen molar-refractivity contribution in [1.29, 1.82) is 0 Å². The van der Waals surface area contributed by atoms with Gasteiger partial charge in [-0.15, -0.1) is 10.2 Å². The molecule has 2 amide bonds. The van der Waals surface area contributed by atoms with Crippen molar-refractivity contribution in [2.24, 2.45) is 0 Å². The molecule has 8 nitrogen and oxygen atoms in total. The first-order valence-corrected chi connectivity index (χ1v) is 8.33. The first kappa shape index (κ1) is 14.8. The van der Waals surface area contributed by atoms with E-state index in [4.69, 9.17) is 0 Å². The standard InChI is InChI=1S/C11H19N5O3S/c1-3-16-8-13-14-10(16)6-12-11(17)15(2)9-4-5-20(18,19)7-9/h8-9H,3-7H2,1-2H3,(H,12,17)/t9-/m0/s1. The van der Waals surface area contributed by atoms with E-state index in [1.807, 2.05) is 11.5 Å². The number of aromatic nitrogens is 3. The second-order valence-electron chi connectivity index (χ2n) is 4.86. The van der Waals surface area contributed by atoms with Crippen molar-refractivity contribution in [3.63, 3.8) is 0 Å². The zero-order valence-electron chi connectivity index (χ0n) is 11.6. The number of carbonyl (C=O) groups excluding carboxylic acids is 1. The van der Waals surface area contributed by atoms with Crippen LogP contribution in [0.15, 0.2) is 6.33 Å². The second-order valence-corrected chi connectivity index (χ2v) is 7.09. The Bertz CT molecular complexity index is 583. The van der Waals surface area contributed by atoms with Crippen LogP contribution in [0.25, 0.3) is 0 Å². The van der Waals surface area contributed by atoms with E-state index in [2.05, 4.69) is 15.5 Å². The van der Waals surface area contributed by atoms with E-state index >= 15 is 0 Å². The van der Waals surface area contributed by atoms with Crippen LogP contribution in [0, 0.1) is 0 Å². The molecule has 1 aromatic rings. The molecular formula is C11H19N5O3S. The number of hydrogen-bond acceptors (Lipinski definition) is 5. The van der Waals surface area contributed by atoms with Gasteiger partial charge in [0.05, 0.1) is 18.1 Å².